The summed E-state index contributed by atoms with van der Waals surface area (Å²) in [4.78, 5) is 27.2. The Morgan fingerprint density at radius 2 is 1.93 bits per heavy atom. The third kappa shape index (κ3) is 2.61. The molecule has 4 rings (SSSR count). The van der Waals surface area contributed by atoms with Crippen LogP contribution in [0.3, 0.4) is 0 Å². The van der Waals surface area contributed by atoms with Crippen molar-refractivity contribution in [3.63, 3.8) is 0 Å². The predicted octanol–water partition coefficient (Wildman–Crippen LogP) is 2.60. The van der Waals surface area contributed by atoms with Crippen LogP contribution in [-0.4, -0.2) is 39.3 Å². The topological polar surface area (TPSA) is 87.1 Å². The van der Waals surface area contributed by atoms with Gasteiger partial charge in [0.15, 0.2) is 5.79 Å². The Morgan fingerprint density at radius 1 is 1.19 bits per heavy atom. The van der Waals surface area contributed by atoms with Crippen LogP contribution in [0, 0.1) is 23.7 Å². The van der Waals surface area contributed by atoms with Gasteiger partial charge in [0.2, 0.25) is 11.8 Å². The summed E-state index contributed by atoms with van der Waals surface area (Å²) in [6.07, 6.45) is 1.79. The van der Waals surface area contributed by atoms with Gasteiger partial charge in [-0.25, -0.2) is 0 Å². The molecule has 2 saturated heterocycles. The molecule has 2 heterocycles. The highest BCUT2D eigenvalue weighted by molar-refractivity contribution is 6.05. The summed E-state index contributed by atoms with van der Waals surface area (Å²) in [5.74, 6) is -3.15. The second kappa shape index (κ2) is 6.60. The quantitative estimate of drug-likeness (QED) is 0.792. The van der Waals surface area contributed by atoms with Crippen molar-refractivity contribution < 1.29 is 24.5 Å². The smallest absolute Gasteiger partial charge is 0.233 e. The number of carbonyl (C=O) groups is 2. The molecule has 146 valence electrons. The highest BCUT2D eigenvalue weighted by Gasteiger charge is 2.66. The van der Waals surface area contributed by atoms with E-state index >= 15 is 0 Å². The molecule has 2 amide bonds. The molecule has 1 aliphatic carbocycles. The molecule has 3 aliphatic rings. The number of carbonyl (C=O) groups excluding carboxylic acids is 2. The minimum Gasteiger partial charge on any atom is -0.508 e. The summed E-state index contributed by atoms with van der Waals surface area (Å²) in [5.41, 5.74) is 0.619. The van der Waals surface area contributed by atoms with Gasteiger partial charge >= 0.3 is 0 Å². The van der Waals surface area contributed by atoms with Crippen LogP contribution in [0.1, 0.15) is 51.2 Å². The molecule has 3 fully saturated rings. The number of hydrogen-bond donors (Lipinski definition) is 2. The first-order chi connectivity index (χ1) is 12.9. The van der Waals surface area contributed by atoms with Crippen molar-refractivity contribution in [3.05, 3.63) is 29.8 Å². The molecule has 1 aromatic rings. The number of aliphatic hydroxyl groups is 1. The number of para-hydroxylation sites is 1. The first-order valence-electron chi connectivity index (χ1n) is 9.95. The maximum atomic E-state index is 13.0. The Bertz CT molecular complexity index is 765. The Morgan fingerprint density at radius 3 is 2.59 bits per heavy atom. The molecule has 2 N–H and O–H groups in total. The molecule has 1 saturated carbocycles. The Hall–Kier alpha value is -1.92. The average molecular weight is 373 g/mol. The van der Waals surface area contributed by atoms with Crippen molar-refractivity contribution in [2.75, 3.05) is 6.54 Å². The van der Waals surface area contributed by atoms with Gasteiger partial charge in [-0.1, -0.05) is 32.0 Å². The fourth-order valence-corrected chi connectivity index (χ4v) is 5.41. The van der Waals surface area contributed by atoms with Gasteiger partial charge in [0.05, 0.1) is 17.9 Å². The van der Waals surface area contributed by atoms with Crippen LogP contribution >= 0.6 is 0 Å². The van der Waals surface area contributed by atoms with Gasteiger partial charge in [-0.05, 0) is 31.7 Å². The maximum absolute atomic E-state index is 13.0. The number of aromatic hydroxyl groups is 1. The number of likely N-dealkylation sites (tertiary alicyclic amines) is 1. The zero-order chi connectivity index (χ0) is 19.3. The van der Waals surface area contributed by atoms with Crippen LogP contribution in [0.5, 0.6) is 5.75 Å². The van der Waals surface area contributed by atoms with Gasteiger partial charge in [-0.2, -0.15) is 0 Å². The monoisotopic (exact) mass is 373 g/mol. The van der Waals surface area contributed by atoms with E-state index in [-0.39, 0.29) is 29.4 Å². The van der Waals surface area contributed by atoms with Crippen molar-refractivity contribution in [3.8, 4) is 5.75 Å². The molecule has 6 nitrogen and oxygen atoms in total. The molecule has 6 atom stereocenters. The van der Waals surface area contributed by atoms with Gasteiger partial charge in [0, 0.05) is 23.9 Å². The Kier molecular flexibility index (Phi) is 4.51. The van der Waals surface area contributed by atoms with Crippen molar-refractivity contribution >= 4 is 11.8 Å². The first-order valence-corrected chi connectivity index (χ1v) is 9.95. The lowest BCUT2D eigenvalue weighted by Gasteiger charge is -2.44. The molecule has 0 radical (unpaired) electrons. The normalized spacial score (nSPS) is 38.2. The van der Waals surface area contributed by atoms with E-state index in [2.05, 4.69) is 0 Å². The number of hydrogen-bond acceptors (Lipinski definition) is 5. The number of amides is 2. The highest BCUT2D eigenvalue weighted by Crippen LogP contribution is 2.59. The number of fused-ring (bicyclic) bond motifs is 3. The third-order valence-electron chi connectivity index (χ3n) is 6.68. The molecule has 2 aliphatic heterocycles. The lowest BCUT2D eigenvalue weighted by Crippen LogP contribution is -2.53. The van der Waals surface area contributed by atoms with Crippen LogP contribution in [0.4, 0.5) is 0 Å². The lowest BCUT2D eigenvalue weighted by molar-refractivity contribution is -0.269. The number of imide groups is 1. The van der Waals surface area contributed by atoms with E-state index in [9.17, 15) is 19.8 Å². The zero-order valence-electron chi connectivity index (χ0n) is 15.8. The molecule has 27 heavy (non-hydrogen) atoms. The predicted molar refractivity (Wildman–Crippen MR) is 97.4 cm³/mol. The number of phenolic OH excluding ortho intramolecular Hbond substituents is 1. The molecule has 0 bridgehead atoms. The summed E-state index contributed by atoms with van der Waals surface area (Å²) in [7, 11) is 0. The zero-order valence-corrected chi connectivity index (χ0v) is 15.8. The summed E-state index contributed by atoms with van der Waals surface area (Å²) < 4.78 is 6.12. The van der Waals surface area contributed by atoms with E-state index in [0.29, 0.717) is 31.4 Å². The number of rotatable bonds is 4. The van der Waals surface area contributed by atoms with Crippen LogP contribution < -0.4 is 0 Å². The summed E-state index contributed by atoms with van der Waals surface area (Å²) in [6, 6.07) is 6.93. The maximum Gasteiger partial charge on any atom is 0.233 e. The third-order valence-corrected chi connectivity index (χ3v) is 6.68. The van der Waals surface area contributed by atoms with Crippen LogP contribution in [-0.2, 0) is 14.3 Å². The van der Waals surface area contributed by atoms with Gasteiger partial charge in [-0.15, -0.1) is 0 Å². The van der Waals surface area contributed by atoms with E-state index in [1.807, 2.05) is 19.9 Å². The van der Waals surface area contributed by atoms with Gasteiger partial charge in [0.1, 0.15) is 5.75 Å². The number of ether oxygens (including phenoxy) is 1. The number of nitrogens with zero attached hydrogens (tertiary/aromatic N) is 1. The van der Waals surface area contributed by atoms with Gasteiger partial charge in [0.25, 0.3) is 0 Å². The van der Waals surface area contributed by atoms with Crippen molar-refractivity contribution in [1.29, 1.82) is 0 Å². The van der Waals surface area contributed by atoms with E-state index in [1.165, 1.54) is 4.90 Å². The fraction of sp³-hybridized carbons (Fsp3) is 0.619. The van der Waals surface area contributed by atoms with E-state index in [1.54, 1.807) is 18.2 Å². The second-order valence-electron chi connectivity index (χ2n) is 8.06. The summed E-state index contributed by atoms with van der Waals surface area (Å²) in [5, 5.41) is 21.7. The summed E-state index contributed by atoms with van der Waals surface area (Å²) >= 11 is 0. The van der Waals surface area contributed by atoms with E-state index in [0.717, 1.165) is 6.42 Å². The van der Waals surface area contributed by atoms with Crippen molar-refractivity contribution in [2.45, 2.75) is 51.4 Å². The summed E-state index contributed by atoms with van der Waals surface area (Å²) in [6.45, 7) is 4.35. The molecule has 0 unspecified atom stereocenters. The largest absolute Gasteiger partial charge is 0.508 e. The van der Waals surface area contributed by atoms with Gasteiger partial charge < -0.3 is 14.9 Å². The van der Waals surface area contributed by atoms with E-state index < -0.39 is 23.7 Å². The minimum atomic E-state index is -1.44. The molecular formula is C21H27NO5. The highest BCUT2D eigenvalue weighted by atomic mass is 16.6. The molecule has 0 aromatic heterocycles. The standard InChI is InChI=1S/C21H27NO5/c1-3-9-22-19(24)14-10-12(4-2)21(26)15(18(14)20(22)25)11-17(27-21)13-7-5-6-8-16(13)23/h5-8,12,14-15,17-18,23,26H,3-4,9-11H2,1-2H3/t12-,14-,15-,17-,18-,21+/m0/s1. The average Bonchev–Trinajstić information content (AvgIpc) is 3.11. The molecule has 6 heteroatoms. The molecule has 1 aromatic carbocycles. The second-order valence-corrected chi connectivity index (χ2v) is 8.06. The van der Waals surface area contributed by atoms with Crippen molar-refractivity contribution in [1.82, 2.24) is 4.90 Å². The first kappa shape index (κ1) is 18.4. The van der Waals surface area contributed by atoms with E-state index in [4.69, 9.17) is 4.74 Å². The lowest BCUT2D eigenvalue weighted by atomic mass is 9.64. The Labute approximate surface area is 159 Å². The SMILES string of the molecule is CCCN1C(=O)[C@H]2[C@H](C[C@H](CC)[C@@]3(O)O[C@H](c4ccccc4O)C[C@@H]23)C1=O. The van der Waals surface area contributed by atoms with Gasteiger partial charge in [-0.3, -0.25) is 14.5 Å². The Balaban J connectivity index is 1.71. The molecule has 0 spiro atoms. The fourth-order valence-electron chi connectivity index (χ4n) is 5.41. The number of phenols is 1. The van der Waals surface area contributed by atoms with Crippen molar-refractivity contribution in [2.24, 2.45) is 23.7 Å². The number of benzene rings is 1. The van der Waals surface area contributed by atoms with Crippen LogP contribution in [0.2, 0.25) is 0 Å². The minimum absolute atomic E-state index is 0.0987. The van der Waals surface area contributed by atoms with Crippen LogP contribution in [0.25, 0.3) is 0 Å². The molecular weight excluding hydrogens is 346 g/mol. The van der Waals surface area contributed by atoms with Crippen LogP contribution in [0.15, 0.2) is 24.3 Å².